The van der Waals surface area contributed by atoms with Gasteiger partial charge in [0.1, 0.15) is 0 Å². The lowest BCUT2D eigenvalue weighted by Gasteiger charge is -2.43. The van der Waals surface area contributed by atoms with Crippen LogP contribution in [0.25, 0.3) is 0 Å². The highest BCUT2D eigenvalue weighted by molar-refractivity contribution is 5.14. The van der Waals surface area contributed by atoms with Gasteiger partial charge in [0.15, 0.2) is 0 Å². The molecule has 2 rings (SSSR count). The van der Waals surface area contributed by atoms with Gasteiger partial charge in [-0.3, -0.25) is 0 Å². The van der Waals surface area contributed by atoms with Crippen LogP contribution in [0.2, 0.25) is 0 Å². The minimum absolute atomic E-state index is 0.169. The molecule has 2 nitrogen and oxygen atoms in total. The Morgan fingerprint density at radius 1 is 1.25 bits per heavy atom. The molecule has 1 unspecified atom stereocenters. The number of ether oxygens (including phenoxy) is 1. The number of hydrogen-bond donors (Lipinski definition) is 1. The number of nitrogens with one attached hydrogen (secondary N) is 1. The third-order valence-electron chi connectivity index (χ3n) is 4.62. The van der Waals surface area contributed by atoms with E-state index in [1.54, 1.807) is 0 Å². The third kappa shape index (κ3) is 4.32. The van der Waals surface area contributed by atoms with Crippen LogP contribution in [0.3, 0.4) is 0 Å². The molecule has 0 bridgehead atoms. The molecule has 1 N–H and O–H groups in total. The maximum absolute atomic E-state index is 5.80. The van der Waals surface area contributed by atoms with Crippen molar-refractivity contribution in [2.75, 3.05) is 13.7 Å². The van der Waals surface area contributed by atoms with Gasteiger partial charge in [0, 0.05) is 13.2 Å². The molecule has 1 aromatic carbocycles. The summed E-state index contributed by atoms with van der Waals surface area (Å²) in [4.78, 5) is 0. The second kappa shape index (κ2) is 7.80. The highest BCUT2D eigenvalue weighted by atomic mass is 16.5. The van der Waals surface area contributed by atoms with Crippen molar-refractivity contribution in [3.63, 3.8) is 0 Å². The lowest BCUT2D eigenvalue weighted by molar-refractivity contribution is -0.0838. The zero-order valence-corrected chi connectivity index (χ0v) is 13.0. The maximum atomic E-state index is 5.80. The van der Waals surface area contributed by atoms with Gasteiger partial charge >= 0.3 is 0 Å². The van der Waals surface area contributed by atoms with E-state index in [1.165, 1.54) is 37.7 Å². The van der Waals surface area contributed by atoms with Crippen LogP contribution < -0.4 is 5.32 Å². The largest absolute Gasteiger partial charge is 0.378 e. The Labute approximate surface area is 123 Å². The van der Waals surface area contributed by atoms with Crippen molar-refractivity contribution >= 4 is 0 Å². The van der Waals surface area contributed by atoms with E-state index in [-0.39, 0.29) is 5.60 Å². The van der Waals surface area contributed by atoms with Gasteiger partial charge in [-0.2, -0.15) is 0 Å². The summed E-state index contributed by atoms with van der Waals surface area (Å²) in [5.41, 5.74) is 1.61. The number of rotatable bonds is 9. The molecular weight excluding hydrogens is 246 g/mol. The van der Waals surface area contributed by atoms with Crippen molar-refractivity contribution in [2.45, 2.75) is 63.5 Å². The minimum Gasteiger partial charge on any atom is -0.378 e. The quantitative estimate of drug-likeness (QED) is 0.737. The first-order valence-corrected chi connectivity index (χ1v) is 8.10. The van der Waals surface area contributed by atoms with E-state index >= 15 is 0 Å². The van der Waals surface area contributed by atoms with Crippen LogP contribution in [0.15, 0.2) is 30.3 Å². The molecule has 1 aliphatic carbocycles. The molecule has 0 radical (unpaired) electrons. The maximum Gasteiger partial charge on any atom is 0.0693 e. The number of aryl methyl sites for hydroxylation is 1. The summed E-state index contributed by atoms with van der Waals surface area (Å²) in [6.07, 6.45) is 8.51. The summed E-state index contributed by atoms with van der Waals surface area (Å²) in [7, 11) is 1.88. The van der Waals surface area contributed by atoms with Gasteiger partial charge in [-0.15, -0.1) is 0 Å². The number of hydrogen-bond acceptors (Lipinski definition) is 2. The lowest BCUT2D eigenvalue weighted by atomic mass is 9.75. The second-order valence-corrected chi connectivity index (χ2v) is 6.12. The molecule has 0 saturated heterocycles. The SMILES string of the molecule is CCCNC(CCc1ccccc1)CC1(OC)CCC1. The molecule has 0 amide bonds. The number of benzene rings is 1. The van der Waals surface area contributed by atoms with Crippen LogP contribution in [0.4, 0.5) is 0 Å². The molecule has 0 heterocycles. The third-order valence-corrected chi connectivity index (χ3v) is 4.62. The number of methoxy groups -OCH3 is 1. The van der Waals surface area contributed by atoms with Gasteiger partial charge in [-0.05, 0) is 57.1 Å². The summed E-state index contributed by atoms with van der Waals surface area (Å²) in [5.74, 6) is 0. The first-order valence-electron chi connectivity index (χ1n) is 8.10. The molecule has 20 heavy (non-hydrogen) atoms. The smallest absolute Gasteiger partial charge is 0.0693 e. The molecule has 0 aromatic heterocycles. The fraction of sp³-hybridized carbons (Fsp3) is 0.667. The predicted molar refractivity (Wildman–Crippen MR) is 85.1 cm³/mol. The Morgan fingerprint density at radius 3 is 2.55 bits per heavy atom. The molecule has 0 aliphatic heterocycles. The van der Waals surface area contributed by atoms with Crippen LogP contribution in [-0.4, -0.2) is 25.3 Å². The average Bonchev–Trinajstić information content (AvgIpc) is 2.46. The Balaban J connectivity index is 1.86. The van der Waals surface area contributed by atoms with Crippen LogP contribution >= 0.6 is 0 Å². The fourth-order valence-electron chi connectivity index (χ4n) is 3.12. The van der Waals surface area contributed by atoms with E-state index in [0.717, 1.165) is 19.4 Å². The van der Waals surface area contributed by atoms with E-state index in [4.69, 9.17) is 4.74 Å². The van der Waals surface area contributed by atoms with Crippen molar-refractivity contribution in [1.82, 2.24) is 5.32 Å². The average molecular weight is 275 g/mol. The van der Waals surface area contributed by atoms with E-state index in [1.807, 2.05) is 7.11 Å². The van der Waals surface area contributed by atoms with E-state index in [0.29, 0.717) is 6.04 Å². The van der Waals surface area contributed by atoms with Crippen molar-refractivity contribution in [3.8, 4) is 0 Å². The van der Waals surface area contributed by atoms with Gasteiger partial charge in [0.2, 0.25) is 0 Å². The molecule has 112 valence electrons. The summed E-state index contributed by atoms with van der Waals surface area (Å²) >= 11 is 0. The molecule has 1 aromatic rings. The Hall–Kier alpha value is -0.860. The van der Waals surface area contributed by atoms with E-state index in [2.05, 4.69) is 42.6 Å². The highest BCUT2D eigenvalue weighted by Gasteiger charge is 2.38. The van der Waals surface area contributed by atoms with Crippen molar-refractivity contribution < 1.29 is 4.74 Å². The van der Waals surface area contributed by atoms with Gasteiger partial charge in [-0.25, -0.2) is 0 Å². The van der Waals surface area contributed by atoms with Crippen LogP contribution in [0.5, 0.6) is 0 Å². The van der Waals surface area contributed by atoms with Crippen LogP contribution in [-0.2, 0) is 11.2 Å². The fourth-order valence-corrected chi connectivity index (χ4v) is 3.12. The second-order valence-electron chi connectivity index (χ2n) is 6.12. The molecule has 0 spiro atoms. The standard InChI is InChI=1S/C18H29NO/c1-3-14-19-17(15-18(20-2)12-7-13-18)11-10-16-8-5-4-6-9-16/h4-6,8-9,17,19H,3,7,10-15H2,1-2H3. The first-order chi connectivity index (χ1) is 9.78. The normalized spacial score (nSPS) is 18.5. The minimum atomic E-state index is 0.169. The van der Waals surface area contributed by atoms with Gasteiger partial charge in [0.05, 0.1) is 5.60 Å². The zero-order chi connectivity index (χ0) is 14.3. The Morgan fingerprint density at radius 2 is 2.00 bits per heavy atom. The summed E-state index contributed by atoms with van der Waals surface area (Å²) in [6.45, 7) is 3.34. The zero-order valence-electron chi connectivity index (χ0n) is 13.0. The molecule has 1 saturated carbocycles. The van der Waals surface area contributed by atoms with Crippen molar-refractivity contribution in [1.29, 1.82) is 0 Å². The first kappa shape index (κ1) is 15.5. The molecule has 1 fully saturated rings. The summed E-state index contributed by atoms with van der Waals surface area (Å²) in [6, 6.07) is 11.4. The van der Waals surface area contributed by atoms with Gasteiger partial charge in [0.25, 0.3) is 0 Å². The van der Waals surface area contributed by atoms with E-state index in [9.17, 15) is 0 Å². The highest BCUT2D eigenvalue weighted by Crippen LogP contribution is 2.39. The van der Waals surface area contributed by atoms with E-state index < -0.39 is 0 Å². The van der Waals surface area contributed by atoms with Gasteiger partial charge < -0.3 is 10.1 Å². The van der Waals surface area contributed by atoms with Crippen LogP contribution in [0.1, 0.15) is 51.0 Å². The predicted octanol–water partition coefficient (Wildman–Crippen LogP) is 3.95. The molecule has 2 heteroatoms. The molecule has 1 atom stereocenters. The van der Waals surface area contributed by atoms with Crippen LogP contribution in [0, 0.1) is 0 Å². The molecular formula is C18H29NO. The van der Waals surface area contributed by atoms with Crippen molar-refractivity contribution in [3.05, 3.63) is 35.9 Å². The van der Waals surface area contributed by atoms with Crippen molar-refractivity contribution in [2.24, 2.45) is 0 Å². The monoisotopic (exact) mass is 275 g/mol. The Bertz CT molecular complexity index is 367. The summed E-state index contributed by atoms with van der Waals surface area (Å²) < 4.78 is 5.80. The summed E-state index contributed by atoms with van der Waals surface area (Å²) in [5, 5.41) is 3.72. The molecule has 1 aliphatic rings. The van der Waals surface area contributed by atoms with Gasteiger partial charge in [-0.1, -0.05) is 37.3 Å². The topological polar surface area (TPSA) is 21.3 Å². The Kier molecular flexibility index (Phi) is 6.06. The lowest BCUT2D eigenvalue weighted by Crippen LogP contribution is -2.46.